The number of nitrogens with one attached hydrogen (secondary N) is 1. The van der Waals surface area contributed by atoms with E-state index in [1.54, 1.807) is 20.2 Å². The summed E-state index contributed by atoms with van der Waals surface area (Å²) < 4.78 is 10.4. The number of methoxy groups -OCH3 is 1. The molecular weight excluding hydrogens is 272 g/mol. The molecule has 1 fully saturated rings. The molecule has 112 valence electrons. The van der Waals surface area contributed by atoms with Crippen LogP contribution in [0.15, 0.2) is 11.8 Å². The largest absolute Gasteiger partial charge is 0.480 e. The number of aromatic nitrogens is 2. The van der Waals surface area contributed by atoms with Crippen molar-refractivity contribution in [3.63, 3.8) is 0 Å². The van der Waals surface area contributed by atoms with Gasteiger partial charge in [-0.1, -0.05) is 0 Å². The Labute approximate surface area is 123 Å². The molecule has 3 rings (SSSR count). The first-order valence-corrected chi connectivity index (χ1v) is 6.94. The van der Waals surface area contributed by atoms with Gasteiger partial charge in [0.2, 0.25) is 11.8 Å². The van der Waals surface area contributed by atoms with E-state index in [2.05, 4.69) is 20.2 Å². The Balaban J connectivity index is 1.94. The molecule has 0 spiro atoms. The van der Waals surface area contributed by atoms with Crippen molar-refractivity contribution in [2.45, 2.75) is 6.92 Å². The quantitative estimate of drug-likeness (QED) is 0.798. The topological polar surface area (TPSA) is 76.6 Å². The van der Waals surface area contributed by atoms with Crippen molar-refractivity contribution in [3.8, 4) is 5.88 Å². The summed E-state index contributed by atoms with van der Waals surface area (Å²) in [5.74, 6) is 0.838. The lowest BCUT2D eigenvalue weighted by atomic mass is 10.1. The fourth-order valence-corrected chi connectivity index (χ4v) is 2.49. The van der Waals surface area contributed by atoms with E-state index in [-0.39, 0.29) is 12.6 Å². The van der Waals surface area contributed by atoms with Gasteiger partial charge >= 0.3 is 5.97 Å². The van der Waals surface area contributed by atoms with Crippen molar-refractivity contribution in [2.75, 3.05) is 44.8 Å². The number of hydrogen-bond donors (Lipinski definition) is 1. The third-order valence-corrected chi connectivity index (χ3v) is 3.77. The molecule has 0 atom stereocenters. The van der Waals surface area contributed by atoms with Gasteiger partial charge in [-0.15, -0.1) is 0 Å². The summed E-state index contributed by atoms with van der Waals surface area (Å²) in [6.07, 6.45) is 1.71. The predicted octanol–water partition coefficient (Wildman–Crippen LogP) is 0.225. The van der Waals surface area contributed by atoms with Gasteiger partial charge in [-0.2, -0.15) is 4.98 Å². The second kappa shape index (κ2) is 5.69. The molecule has 7 nitrogen and oxygen atoms in total. The van der Waals surface area contributed by atoms with Crippen molar-refractivity contribution < 1.29 is 14.3 Å². The summed E-state index contributed by atoms with van der Waals surface area (Å²) >= 11 is 0. The van der Waals surface area contributed by atoms with E-state index in [1.807, 2.05) is 0 Å². The van der Waals surface area contributed by atoms with Crippen molar-refractivity contribution in [1.82, 2.24) is 15.3 Å². The van der Waals surface area contributed by atoms with Gasteiger partial charge in [-0.3, -0.25) is 0 Å². The highest BCUT2D eigenvalue weighted by Crippen LogP contribution is 2.31. The first-order valence-electron chi connectivity index (χ1n) is 6.94. The van der Waals surface area contributed by atoms with Gasteiger partial charge in [-0.25, -0.2) is 9.78 Å². The fourth-order valence-electron chi connectivity index (χ4n) is 2.49. The van der Waals surface area contributed by atoms with E-state index in [0.717, 1.165) is 37.3 Å². The maximum Gasteiger partial charge on any atom is 0.334 e. The molecule has 0 unspecified atom stereocenters. The van der Waals surface area contributed by atoms with Gasteiger partial charge in [0.25, 0.3) is 0 Å². The normalized spacial score (nSPS) is 19.0. The van der Waals surface area contributed by atoms with Crippen LogP contribution in [0.5, 0.6) is 5.88 Å². The molecule has 1 N–H and O–H groups in total. The van der Waals surface area contributed by atoms with Gasteiger partial charge in [0.1, 0.15) is 6.61 Å². The Hall–Kier alpha value is -2.15. The number of esters is 1. The van der Waals surface area contributed by atoms with Gasteiger partial charge < -0.3 is 19.7 Å². The monoisotopic (exact) mass is 290 g/mol. The summed E-state index contributed by atoms with van der Waals surface area (Å²) in [6, 6.07) is 0. The molecule has 1 aromatic rings. The van der Waals surface area contributed by atoms with E-state index >= 15 is 0 Å². The molecular formula is C14H18N4O3. The van der Waals surface area contributed by atoms with Crippen molar-refractivity contribution in [2.24, 2.45) is 0 Å². The Morgan fingerprint density at radius 1 is 1.38 bits per heavy atom. The third kappa shape index (κ3) is 2.56. The number of carbonyl (C=O) groups excluding carboxylic acids is 1. The standard InChI is InChI=1S/C14H18N4O3/c1-9-11(8-21-13(9)19)10-7-16-14(17-12(10)20-2)18-5-3-15-4-6-18/h7,15H,3-6,8H2,1-2H3. The van der Waals surface area contributed by atoms with Crippen LogP contribution in [-0.2, 0) is 9.53 Å². The molecule has 7 heteroatoms. The molecule has 2 aliphatic heterocycles. The number of anilines is 1. The number of piperazine rings is 1. The van der Waals surface area contributed by atoms with Gasteiger partial charge in [0.05, 0.1) is 12.7 Å². The minimum Gasteiger partial charge on any atom is -0.480 e. The van der Waals surface area contributed by atoms with Gasteiger partial charge in [0.15, 0.2) is 0 Å². The smallest absolute Gasteiger partial charge is 0.334 e. The summed E-state index contributed by atoms with van der Waals surface area (Å²) in [5, 5.41) is 3.29. The van der Waals surface area contributed by atoms with Crippen LogP contribution in [0.4, 0.5) is 5.95 Å². The second-order valence-corrected chi connectivity index (χ2v) is 5.01. The van der Waals surface area contributed by atoms with E-state index in [0.29, 0.717) is 17.4 Å². The molecule has 21 heavy (non-hydrogen) atoms. The van der Waals surface area contributed by atoms with E-state index < -0.39 is 0 Å². The zero-order chi connectivity index (χ0) is 14.8. The number of nitrogens with zero attached hydrogens (tertiary/aromatic N) is 3. The maximum absolute atomic E-state index is 11.5. The van der Waals surface area contributed by atoms with E-state index in [9.17, 15) is 4.79 Å². The molecule has 0 aliphatic carbocycles. The van der Waals surface area contributed by atoms with Crippen LogP contribution in [-0.4, -0.2) is 55.8 Å². The van der Waals surface area contributed by atoms with Gasteiger partial charge in [-0.05, 0) is 6.92 Å². The lowest BCUT2D eigenvalue weighted by molar-refractivity contribution is -0.135. The summed E-state index contributed by atoms with van der Waals surface area (Å²) in [7, 11) is 1.57. The molecule has 0 bridgehead atoms. The molecule has 1 saturated heterocycles. The van der Waals surface area contributed by atoms with E-state index in [1.165, 1.54) is 0 Å². The first-order chi connectivity index (χ1) is 10.2. The minimum absolute atomic E-state index is 0.247. The average Bonchev–Trinajstić information content (AvgIpc) is 2.87. The number of carbonyl (C=O) groups is 1. The first kappa shape index (κ1) is 13.8. The van der Waals surface area contributed by atoms with Crippen LogP contribution >= 0.6 is 0 Å². The van der Waals surface area contributed by atoms with Crippen LogP contribution in [0.3, 0.4) is 0 Å². The zero-order valence-electron chi connectivity index (χ0n) is 12.2. The Bertz CT molecular complexity index is 594. The Morgan fingerprint density at radius 2 is 2.14 bits per heavy atom. The molecule has 0 saturated carbocycles. The van der Waals surface area contributed by atoms with Crippen molar-refractivity contribution in [3.05, 3.63) is 17.3 Å². The zero-order valence-corrected chi connectivity index (χ0v) is 12.2. The van der Waals surface area contributed by atoms with Crippen LogP contribution in [0.25, 0.3) is 5.57 Å². The van der Waals surface area contributed by atoms with Crippen molar-refractivity contribution in [1.29, 1.82) is 0 Å². The molecule has 2 aliphatic rings. The lowest BCUT2D eigenvalue weighted by Gasteiger charge is -2.27. The number of cyclic esters (lactones) is 1. The molecule has 0 aromatic carbocycles. The highest BCUT2D eigenvalue weighted by Gasteiger charge is 2.26. The lowest BCUT2D eigenvalue weighted by Crippen LogP contribution is -2.44. The highest BCUT2D eigenvalue weighted by molar-refractivity contribution is 6.01. The van der Waals surface area contributed by atoms with Crippen molar-refractivity contribution >= 4 is 17.5 Å². The predicted molar refractivity (Wildman–Crippen MR) is 77.2 cm³/mol. The molecule has 3 heterocycles. The third-order valence-electron chi connectivity index (χ3n) is 3.77. The fraction of sp³-hybridized carbons (Fsp3) is 0.500. The minimum atomic E-state index is -0.293. The SMILES string of the molecule is COc1nc(N2CCNCC2)ncc1C1=C(C)C(=O)OC1. The number of ether oxygens (including phenoxy) is 2. The molecule has 1 aromatic heterocycles. The van der Waals surface area contributed by atoms with Crippen LogP contribution in [0.1, 0.15) is 12.5 Å². The van der Waals surface area contributed by atoms with E-state index in [4.69, 9.17) is 9.47 Å². The average molecular weight is 290 g/mol. The number of rotatable bonds is 3. The Morgan fingerprint density at radius 3 is 2.76 bits per heavy atom. The van der Waals surface area contributed by atoms with Crippen LogP contribution < -0.4 is 15.0 Å². The van der Waals surface area contributed by atoms with Crippen LogP contribution in [0, 0.1) is 0 Å². The molecule has 0 amide bonds. The summed E-state index contributed by atoms with van der Waals surface area (Å²) in [5.41, 5.74) is 2.11. The number of hydrogen-bond acceptors (Lipinski definition) is 7. The van der Waals surface area contributed by atoms with Crippen LogP contribution in [0.2, 0.25) is 0 Å². The summed E-state index contributed by atoms with van der Waals surface area (Å²) in [4.78, 5) is 22.5. The highest BCUT2D eigenvalue weighted by atomic mass is 16.5. The summed E-state index contributed by atoms with van der Waals surface area (Å²) in [6.45, 7) is 5.56. The maximum atomic E-state index is 11.5. The second-order valence-electron chi connectivity index (χ2n) is 5.01. The molecule has 0 radical (unpaired) electrons. The Kier molecular flexibility index (Phi) is 3.74. The van der Waals surface area contributed by atoms with Gasteiger partial charge in [0, 0.05) is 43.5 Å².